The first-order valence-corrected chi connectivity index (χ1v) is 9.14. The molecular weight excluding hydrogens is 362 g/mol. The summed E-state index contributed by atoms with van der Waals surface area (Å²) in [5.74, 6) is -1.33. The van der Waals surface area contributed by atoms with Gasteiger partial charge >= 0.3 is 12.1 Å². The number of hydrogen-bond acceptors (Lipinski definition) is 6. The third-order valence-electron chi connectivity index (χ3n) is 3.64. The molecule has 7 heteroatoms. The van der Waals surface area contributed by atoms with E-state index in [9.17, 15) is 19.5 Å². The average Bonchev–Trinajstić information content (AvgIpc) is 2.62. The Bertz CT molecular complexity index is 665. The Kier molecular flexibility index (Phi) is 9.38. The van der Waals surface area contributed by atoms with Gasteiger partial charge in [0.15, 0.2) is 5.78 Å². The molecule has 0 spiro atoms. The van der Waals surface area contributed by atoms with E-state index in [1.807, 2.05) is 30.3 Å². The van der Waals surface area contributed by atoms with Crippen LogP contribution in [0.15, 0.2) is 43.0 Å². The smallest absolute Gasteiger partial charge is 0.408 e. The molecule has 1 aromatic carbocycles. The van der Waals surface area contributed by atoms with Crippen molar-refractivity contribution >= 4 is 17.8 Å². The van der Waals surface area contributed by atoms with E-state index in [1.165, 1.54) is 6.08 Å². The summed E-state index contributed by atoms with van der Waals surface area (Å²) >= 11 is 0. The number of nitrogens with one attached hydrogen (secondary N) is 1. The van der Waals surface area contributed by atoms with Crippen molar-refractivity contribution in [1.29, 1.82) is 0 Å². The zero-order valence-electron chi connectivity index (χ0n) is 16.6. The summed E-state index contributed by atoms with van der Waals surface area (Å²) in [6, 6.07) is 8.14. The highest BCUT2D eigenvalue weighted by atomic mass is 16.6. The van der Waals surface area contributed by atoms with Gasteiger partial charge in [-0.15, -0.1) is 0 Å². The van der Waals surface area contributed by atoms with Crippen molar-refractivity contribution < 1.29 is 29.0 Å². The molecule has 0 fully saturated rings. The summed E-state index contributed by atoms with van der Waals surface area (Å²) < 4.78 is 10.0. The molecular formula is C21H29NO6. The summed E-state index contributed by atoms with van der Waals surface area (Å²) in [6.45, 7) is 8.47. The maximum atomic E-state index is 12.6. The molecule has 0 aliphatic rings. The molecule has 2 unspecified atom stereocenters. The number of ketones is 1. The van der Waals surface area contributed by atoms with Crippen molar-refractivity contribution in [3.8, 4) is 0 Å². The lowest BCUT2D eigenvalue weighted by Crippen LogP contribution is -2.47. The number of alkyl carbamates (subject to hydrolysis) is 1. The first-order valence-electron chi connectivity index (χ1n) is 9.14. The minimum atomic E-state index is -1.34. The normalized spacial score (nSPS) is 13.1. The molecule has 0 aliphatic carbocycles. The Morgan fingerprint density at radius 3 is 2.43 bits per heavy atom. The van der Waals surface area contributed by atoms with Crippen LogP contribution in [0, 0.1) is 0 Å². The lowest BCUT2D eigenvalue weighted by Gasteiger charge is -2.23. The maximum absolute atomic E-state index is 12.6. The van der Waals surface area contributed by atoms with Crippen molar-refractivity contribution in [1.82, 2.24) is 5.32 Å². The maximum Gasteiger partial charge on any atom is 0.408 e. The van der Waals surface area contributed by atoms with Gasteiger partial charge in [-0.05, 0) is 39.2 Å². The largest absolute Gasteiger partial charge is 0.460 e. The number of benzene rings is 1. The molecule has 1 aromatic rings. The Morgan fingerprint density at radius 2 is 1.86 bits per heavy atom. The summed E-state index contributed by atoms with van der Waals surface area (Å²) in [5.41, 5.74) is 0.233. The lowest BCUT2D eigenvalue weighted by atomic mass is 9.98. The van der Waals surface area contributed by atoms with Crippen LogP contribution in [-0.2, 0) is 25.5 Å². The van der Waals surface area contributed by atoms with Crippen molar-refractivity contribution in [2.45, 2.75) is 57.8 Å². The Hall–Kier alpha value is -2.67. The van der Waals surface area contributed by atoms with Crippen LogP contribution in [0.25, 0.3) is 0 Å². The molecule has 28 heavy (non-hydrogen) atoms. The Morgan fingerprint density at radius 1 is 1.21 bits per heavy atom. The van der Waals surface area contributed by atoms with Gasteiger partial charge in [-0.25, -0.2) is 4.79 Å². The fraction of sp³-hybridized carbons (Fsp3) is 0.476. The van der Waals surface area contributed by atoms with Crippen LogP contribution in [0.5, 0.6) is 0 Å². The van der Waals surface area contributed by atoms with Crippen molar-refractivity contribution in [2.75, 3.05) is 6.61 Å². The second-order valence-corrected chi connectivity index (χ2v) is 7.32. The van der Waals surface area contributed by atoms with E-state index in [4.69, 9.17) is 9.47 Å². The standard InChI is InChI=1S/C21H29NO6/c1-5-13-27-20(26)22-16(14-18(24)28-21(2,3)4)19(25)17(23)12-11-15-9-7-6-8-10-15/h5-10,16-17,23H,1,11-14H2,2-4H3,(H,22,26). The van der Waals surface area contributed by atoms with Crippen LogP contribution in [0.4, 0.5) is 4.79 Å². The summed E-state index contributed by atoms with van der Waals surface area (Å²) in [7, 11) is 0. The number of amides is 1. The number of esters is 1. The number of hydrogen-bond donors (Lipinski definition) is 2. The summed E-state index contributed by atoms with van der Waals surface area (Å²) in [6.07, 6.45) is -0.602. The molecule has 0 aliphatic heterocycles. The Labute approximate surface area is 165 Å². The molecule has 0 saturated carbocycles. The van der Waals surface area contributed by atoms with E-state index in [0.29, 0.717) is 6.42 Å². The van der Waals surface area contributed by atoms with Crippen LogP contribution in [0.3, 0.4) is 0 Å². The molecule has 1 rings (SSSR count). The number of carbonyl (C=O) groups excluding carboxylic acids is 3. The number of ether oxygens (including phenoxy) is 2. The fourth-order valence-electron chi connectivity index (χ4n) is 2.41. The molecule has 1 amide bonds. The van der Waals surface area contributed by atoms with Crippen LogP contribution >= 0.6 is 0 Å². The van der Waals surface area contributed by atoms with Crippen LogP contribution < -0.4 is 5.32 Å². The quantitative estimate of drug-likeness (QED) is 0.469. The third kappa shape index (κ3) is 9.32. The number of Topliss-reactive ketones (excluding diaryl/α,β-unsaturated/α-hetero) is 1. The highest BCUT2D eigenvalue weighted by molar-refractivity contribution is 5.93. The van der Waals surface area contributed by atoms with Gasteiger partial charge < -0.3 is 19.9 Å². The van der Waals surface area contributed by atoms with E-state index >= 15 is 0 Å². The molecule has 0 radical (unpaired) electrons. The number of aliphatic hydroxyl groups is 1. The number of aliphatic hydroxyl groups excluding tert-OH is 1. The first-order chi connectivity index (χ1) is 13.1. The van der Waals surface area contributed by atoms with Gasteiger partial charge in [0.2, 0.25) is 0 Å². The molecule has 7 nitrogen and oxygen atoms in total. The van der Waals surface area contributed by atoms with Crippen LogP contribution in [0.2, 0.25) is 0 Å². The van der Waals surface area contributed by atoms with Crippen LogP contribution in [-0.4, -0.2) is 47.3 Å². The van der Waals surface area contributed by atoms with Gasteiger partial charge in [-0.2, -0.15) is 0 Å². The van der Waals surface area contributed by atoms with E-state index in [1.54, 1.807) is 20.8 Å². The molecule has 0 heterocycles. The lowest BCUT2D eigenvalue weighted by molar-refractivity contribution is -0.156. The number of carbonyl (C=O) groups is 3. The van der Waals surface area contributed by atoms with Gasteiger partial charge in [0, 0.05) is 0 Å². The highest BCUT2D eigenvalue weighted by Crippen LogP contribution is 2.12. The zero-order chi connectivity index (χ0) is 21.2. The monoisotopic (exact) mass is 391 g/mol. The van der Waals surface area contributed by atoms with E-state index in [-0.39, 0.29) is 13.0 Å². The van der Waals surface area contributed by atoms with Gasteiger partial charge in [0.05, 0.1) is 6.42 Å². The summed E-state index contributed by atoms with van der Waals surface area (Å²) in [5, 5.41) is 12.6. The second-order valence-electron chi connectivity index (χ2n) is 7.32. The number of rotatable bonds is 10. The third-order valence-corrected chi connectivity index (χ3v) is 3.64. The van der Waals surface area contributed by atoms with Crippen molar-refractivity contribution in [2.24, 2.45) is 0 Å². The molecule has 0 saturated heterocycles. The van der Waals surface area contributed by atoms with E-state index < -0.39 is 42.0 Å². The van der Waals surface area contributed by atoms with Gasteiger partial charge in [0.1, 0.15) is 24.4 Å². The molecule has 2 atom stereocenters. The first kappa shape index (κ1) is 23.4. The van der Waals surface area contributed by atoms with E-state index in [0.717, 1.165) is 5.56 Å². The second kappa shape index (κ2) is 11.2. The SMILES string of the molecule is C=CCOC(=O)NC(CC(=O)OC(C)(C)C)C(=O)C(O)CCc1ccccc1. The molecule has 0 bridgehead atoms. The Balaban J connectivity index is 2.76. The minimum absolute atomic E-state index is 0.0459. The zero-order valence-corrected chi connectivity index (χ0v) is 16.6. The fourth-order valence-corrected chi connectivity index (χ4v) is 2.41. The highest BCUT2D eigenvalue weighted by Gasteiger charge is 2.31. The molecule has 0 aromatic heterocycles. The minimum Gasteiger partial charge on any atom is -0.460 e. The van der Waals surface area contributed by atoms with Gasteiger partial charge in [0.25, 0.3) is 0 Å². The average molecular weight is 391 g/mol. The van der Waals surface area contributed by atoms with E-state index in [2.05, 4.69) is 11.9 Å². The van der Waals surface area contributed by atoms with Crippen molar-refractivity contribution in [3.63, 3.8) is 0 Å². The molecule has 2 N–H and O–H groups in total. The predicted molar refractivity (Wildman–Crippen MR) is 105 cm³/mol. The van der Waals surface area contributed by atoms with Crippen LogP contribution in [0.1, 0.15) is 39.2 Å². The van der Waals surface area contributed by atoms with Crippen molar-refractivity contribution in [3.05, 3.63) is 48.6 Å². The van der Waals surface area contributed by atoms with Gasteiger partial charge in [-0.1, -0.05) is 43.0 Å². The summed E-state index contributed by atoms with van der Waals surface area (Å²) in [4.78, 5) is 36.6. The predicted octanol–water partition coefficient (Wildman–Crippen LogP) is 2.56. The van der Waals surface area contributed by atoms with Gasteiger partial charge in [-0.3, -0.25) is 9.59 Å². The molecule has 154 valence electrons. The number of aryl methyl sites for hydroxylation is 1. The topological polar surface area (TPSA) is 102 Å².